The number of benzene rings is 2. The smallest absolute Gasteiger partial charge is 0.242 e. The van der Waals surface area contributed by atoms with Crippen molar-refractivity contribution in [3.8, 4) is 16.9 Å². The van der Waals surface area contributed by atoms with Crippen LogP contribution in [0.3, 0.4) is 0 Å². The number of carbonyl (C=O) groups is 1. The van der Waals surface area contributed by atoms with E-state index in [1.165, 1.54) is 16.7 Å². The van der Waals surface area contributed by atoms with Gasteiger partial charge in [-0.1, -0.05) is 30.3 Å². The monoisotopic (exact) mass is 429 g/mol. The van der Waals surface area contributed by atoms with Crippen LogP contribution in [0.2, 0.25) is 0 Å². The third-order valence-electron chi connectivity index (χ3n) is 7.07. The Bertz CT molecular complexity index is 1110. The van der Waals surface area contributed by atoms with Crippen molar-refractivity contribution in [2.45, 2.75) is 51.2 Å². The minimum absolute atomic E-state index is 0.154. The van der Waals surface area contributed by atoms with Crippen molar-refractivity contribution in [1.29, 1.82) is 0 Å². The number of hydrogen-bond donors (Lipinski definition) is 1. The Morgan fingerprint density at radius 2 is 1.91 bits per heavy atom. The lowest BCUT2D eigenvalue weighted by Gasteiger charge is -2.37. The summed E-state index contributed by atoms with van der Waals surface area (Å²) >= 11 is 0. The van der Waals surface area contributed by atoms with Crippen LogP contribution < -0.4 is 10.1 Å². The molecule has 2 aromatic carbocycles. The summed E-state index contributed by atoms with van der Waals surface area (Å²) in [5.74, 6) is 1.14. The maximum Gasteiger partial charge on any atom is 0.242 e. The molecule has 1 aromatic heterocycles. The summed E-state index contributed by atoms with van der Waals surface area (Å²) in [6.45, 7) is 6.64. The highest BCUT2D eigenvalue weighted by molar-refractivity contribution is 5.88. The molecule has 32 heavy (non-hydrogen) atoms. The Hall–Kier alpha value is -2.92. The van der Waals surface area contributed by atoms with Crippen LogP contribution in [0, 0.1) is 6.92 Å². The van der Waals surface area contributed by atoms with Gasteiger partial charge in [0, 0.05) is 37.5 Å². The van der Waals surface area contributed by atoms with Crippen molar-refractivity contribution >= 4 is 16.8 Å². The fraction of sp³-hybridized carbons (Fsp3) is 0.407. The van der Waals surface area contributed by atoms with E-state index in [1.807, 2.05) is 24.1 Å². The number of ether oxygens (including phenoxy) is 1. The van der Waals surface area contributed by atoms with Crippen molar-refractivity contribution in [2.75, 3.05) is 19.6 Å². The molecular formula is C27H31N3O2. The normalized spacial score (nSPS) is 21.8. The predicted molar refractivity (Wildman–Crippen MR) is 128 cm³/mol. The van der Waals surface area contributed by atoms with Gasteiger partial charge in [0.05, 0.1) is 11.1 Å². The lowest BCUT2D eigenvalue weighted by molar-refractivity contribution is -0.139. The number of hydrogen-bond acceptors (Lipinski definition) is 4. The van der Waals surface area contributed by atoms with Gasteiger partial charge in [-0.25, -0.2) is 0 Å². The summed E-state index contributed by atoms with van der Waals surface area (Å²) in [7, 11) is 0. The van der Waals surface area contributed by atoms with Crippen LogP contribution in [0.25, 0.3) is 22.0 Å². The first-order valence-electron chi connectivity index (χ1n) is 11.7. The molecule has 1 N–H and O–H groups in total. The number of rotatable bonds is 4. The first-order valence-corrected chi connectivity index (χ1v) is 11.7. The molecule has 1 atom stereocenters. The zero-order valence-electron chi connectivity index (χ0n) is 18.9. The molecule has 0 saturated carbocycles. The van der Waals surface area contributed by atoms with Gasteiger partial charge in [-0.05, 0) is 68.1 Å². The molecule has 2 aliphatic rings. The number of carbonyl (C=O) groups excluding carboxylic acids is 1. The molecule has 2 fully saturated rings. The predicted octanol–water partition coefficient (Wildman–Crippen LogP) is 4.72. The molecule has 3 aromatic rings. The van der Waals surface area contributed by atoms with Crippen molar-refractivity contribution in [2.24, 2.45) is 0 Å². The largest absolute Gasteiger partial charge is 0.490 e. The van der Waals surface area contributed by atoms with Gasteiger partial charge in [0.15, 0.2) is 0 Å². The van der Waals surface area contributed by atoms with E-state index in [2.05, 4.69) is 59.7 Å². The van der Waals surface area contributed by atoms with Crippen LogP contribution in [0.5, 0.6) is 5.75 Å². The molecule has 5 heteroatoms. The Balaban J connectivity index is 1.22. The SMILES string of the molecule is Cc1c(-c2ccc(OC3CCN(C(=O)[C@@]4(C)CCCN4)CC3)cc2)ccc2cccnc12. The Kier molecular flexibility index (Phi) is 5.60. The van der Waals surface area contributed by atoms with Gasteiger partial charge in [-0.15, -0.1) is 0 Å². The average molecular weight is 430 g/mol. The number of aromatic nitrogens is 1. The van der Waals surface area contributed by atoms with E-state index in [0.717, 1.165) is 62.0 Å². The molecule has 1 amide bonds. The lowest BCUT2D eigenvalue weighted by Crippen LogP contribution is -2.55. The fourth-order valence-corrected chi connectivity index (χ4v) is 5.11. The summed E-state index contributed by atoms with van der Waals surface area (Å²) in [6.07, 6.45) is 5.76. The van der Waals surface area contributed by atoms with Crippen LogP contribution in [0.1, 0.15) is 38.2 Å². The van der Waals surface area contributed by atoms with Gasteiger partial charge in [0.2, 0.25) is 5.91 Å². The van der Waals surface area contributed by atoms with Crippen LogP contribution in [0.15, 0.2) is 54.7 Å². The van der Waals surface area contributed by atoms with Gasteiger partial charge < -0.3 is 15.0 Å². The third kappa shape index (κ3) is 3.97. The minimum Gasteiger partial charge on any atom is -0.490 e. The number of likely N-dealkylation sites (tertiary alicyclic amines) is 1. The number of piperidine rings is 1. The van der Waals surface area contributed by atoms with Gasteiger partial charge in [-0.3, -0.25) is 9.78 Å². The second kappa shape index (κ2) is 8.55. The van der Waals surface area contributed by atoms with Crippen molar-refractivity contribution in [3.63, 3.8) is 0 Å². The van der Waals surface area contributed by atoms with Crippen LogP contribution in [-0.2, 0) is 4.79 Å². The zero-order valence-corrected chi connectivity index (χ0v) is 18.9. The van der Waals surface area contributed by atoms with Crippen LogP contribution >= 0.6 is 0 Å². The van der Waals surface area contributed by atoms with Gasteiger partial charge in [0.1, 0.15) is 11.9 Å². The van der Waals surface area contributed by atoms with Crippen molar-refractivity contribution in [1.82, 2.24) is 15.2 Å². The standard InChI is InChI=1S/C27H31N3O2/c1-19-24(11-8-21-5-3-15-28-25(19)21)20-6-9-22(10-7-20)32-23-12-17-30(18-13-23)26(31)27(2)14-4-16-29-27/h3,5-11,15,23,29H,4,12-14,16-18H2,1-2H3/t27-/m1/s1. The molecule has 0 bridgehead atoms. The van der Waals surface area contributed by atoms with E-state index in [0.29, 0.717) is 0 Å². The highest BCUT2D eigenvalue weighted by atomic mass is 16.5. The van der Waals surface area contributed by atoms with E-state index in [9.17, 15) is 4.79 Å². The van der Waals surface area contributed by atoms with Gasteiger partial charge in [-0.2, -0.15) is 0 Å². The molecule has 0 radical (unpaired) electrons. The van der Waals surface area contributed by atoms with E-state index in [4.69, 9.17) is 4.74 Å². The topological polar surface area (TPSA) is 54.5 Å². The second-order valence-electron chi connectivity index (χ2n) is 9.31. The van der Waals surface area contributed by atoms with Gasteiger partial charge >= 0.3 is 0 Å². The Labute approximate surface area is 189 Å². The first-order chi connectivity index (χ1) is 15.5. The number of amides is 1. The van der Waals surface area contributed by atoms with E-state index < -0.39 is 0 Å². The number of nitrogens with zero attached hydrogens (tertiary/aromatic N) is 2. The summed E-state index contributed by atoms with van der Waals surface area (Å²) in [4.78, 5) is 19.5. The average Bonchev–Trinajstić information content (AvgIpc) is 3.28. The Morgan fingerprint density at radius 1 is 1.12 bits per heavy atom. The maximum absolute atomic E-state index is 12.9. The van der Waals surface area contributed by atoms with Crippen LogP contribution in [0.4, 0.5) is 0 Å². The number of pyridine rings is 1. The molecule has 5 nitrogen and oxygen atoms in total. The molecule has 0 spiro atoms. The highest BCUT2D eigenvalue weighted by Crippen LogP contribution is 2.31. The summed E-state index contributed by atoms with van der Waals surface area (Å²) in [5.41, 5.74) is 4.23. The molecule has 3 heterocycles. The molecule has 0 unspecified atom stereocenters. The van der Waals surface area contributed by atoms with E-state index >= 15 is 0 Å². The number of nitrogens with one attached hydrogen (secondary N) is 1. The molecule has 166 valence electrons. The van der Waals surface area contributed by atoms with E-state index in [-0.39, 0.29) is 17.6 Å². The Morgan fingerprint density at radius 3 is 2.62 bits per heavy atom. The quantitative estimate of drug-likeness (QED) is 0.652. The van der Waals surface area contributed by atoms with Gasteiger partial charge in [0.25, 0.3) is 0 Å². The van der Waals surface area contributed by atoms with Crippen molar-refractivity contribution in [3.05, 3.63) is 60.3 Å². The highest BCUT2D eigenvalue weighted by Gasteiger charge is 2.40. The first kappa shape index (κ1) is 21.0. The minimum atomic E-state index is -0.375. The summed E-state index contributed by atoms with van der Waals surface area (Å²) in [5, 5.41) is 4.55. The lowest BCUT2D eigenvalue weighted by atomic mass is 9.96. The zero-order chi connectivity index (χ0) is 22.1. The van der Waals surface area contributed by atoms with Crippen LogP contribution in [-0.4, -0.2) is 47.1 Å². The van der Waals surface area contributed by atoms with Crippen molar-refractivity contribution < 1.29 is 9.53 Å². The summed E-state index contributed by atoms with van der Waals surface area (Å²) in [6, 6.07) is 16.7. The summed E-state index contributed by atoms with van der Waals surface area (Å²) < 4.78 is 6.26. The molecular weight excluding hydrogens is 398 g/mol. The molecule has 5 rings (SSSR count). The second-order valence-corrected chi connectivity index (χ2v) is 9.31. The number of aryl methyl sites for hydroxylation is 1. The molecule has 2 saturated heterocycles. The van der Waals surface area contributed by atoms with E-state index in [1.54, 1.807) is 0 Å². The third-order valence-corrected chi connectivity index (χ3v) is 7.07. The maximum atomic E-state index is 12.9. The number of fused-ring (bicyclic) bond motifs is 1. The molecule has 0 aliphatic carbocycles. The molecule has 2 aliphatic heterocycles. The fourth-order valence-electron chi connectivity index (χ4n) is 5.11.